The van der Waals surface area contributed by atoms with Crippen LogP contribution in [0.2, 0.25) is 0 Å². The molecule has 2 aromatic carbocycles. The fourth-order valence-corrected chi connectivity index (χ4v) is 4.54. The van der Waals surface area contributed by atoms with Crippen molar-refractivity contribution in [3.05, 3.63) is 94.9 Å². The lowest BCUT2D eigenvalue weighted by Gasteiger charge is -2.37. The third-order valence-corrected chi connectivity index (χ3v) is 6.67. The van der Waals surface area contributed by atoms with Crippen molar-refractivity contribution in [3.63, 3.8) is 0 Å². The normalized spacial score (nSPS) is 18.6. The monoisotopic (exact) mass is 488 g/mol. The Balaban J connectivity index is 0.000000445. The van der Waals surface area contributed by atoms with E-state index < -0.39 is 5.60 Å². The van der Waals surface area contributed by atoms with E-state index in [9.17, 15) is 14.7 Å². The maximum Gasteiger partial charge on any atom is 0.410 e. The number of nitrogens with zero attached hydrogens (tertiary/aromatic N) is 2. The number of carbonyl (C=O) groups excluding carboxylic acids is 1. The van der Waals surface area contributed by atoms with Crippen molar-refractivity contribution in [1.29, 1.82) is 0 Å². The predicted octanol–water partition coefficient (Wildman–Crippen LogP) is 5.97. The minimum atomic E-state index is -0.853. The summed E-state index contributed by atoms with van der Waals surface area (Å²) in [5.74, 6) is 0. The molecule has 1 aliphatic heterocycles. The van der Waals surface area contributed by atoms with Gasteiger partial charge in [0.1, 0.15) is 6.10 Å². The molecule has 2 unspecified atom stereocenters. The average molecular weight is 489 g/mol. The van der Waals surface area contributed by atoms with Gasteiger partial charge >= 0.3 is 6.09 Å². The number of pyridine rings is 1. The van der Waals surface area contributed by atoms with Crippen LogP contribution in [0.25, 0.3) is 11.1 Å². The van der Waals surface area contributed by atoms with Gasteiger partial charge < -0.3 is 19.3 Å². The molecule has 2 fully saturated rings. The number of rotatable bonds is 6. The minimum absolute atomic E-state index is 0.0455. The van der Waals surface area contributed by atoms with Gasteiger partial charge in [0.25, 0.3) is 5.56 Å². The van der Waals surface area contributed by atoms with E-state index >= 15 is 0 Å². The van der Waals surface area contributed by atoms with Crippen molar-refractivity contribution in [1.82, 2.24) is 9.47 Å². The Labute approximate surface area is 213 Å². The first-order chi connectivity index (χ1) is 17.2. The van der Waals surface area contributed by atoms with E-state index in [1.807, 2.05) is 84.4 Å². The van der Waals surface area contributed by atoms with E-state index in [1.165, 1.54) is 0 Å². The number of amides is 1. The van der Waals surface area contributed by atoms with Gasteiger partial charge in [0, 0.05) is 37.7 Å². The topological polar surface area (TPSA) is 71.8 Å². The number of hydrogen-bond donors (Lipinski definition) is 1. The van der Waals surface area contributed by atoms with Crippen molar-refractivity contribution in [3.8, 4) is 11.1 Å². The number of cyclic esters (lactones) is 1. The van der Waals surface area contributed by atoms with Gasteiger partial charge in [0.2, 0.25) is 0 Å². The van der Waals surface area contributed by atoms with E-state index in [0.717, 1.165) is 29.5 Å². The average Bonchev–Trinajstić information content (AvgIpc) is 3.70. The van der Waals surface area contributed by atoms with Gasteiger partial charge in [-0.1, -0.05) is 60.7 Å². The zero-order valence-electron chi connectivity index (χ0n) is 21.3. The van der Waals surface area contributed by atoms with Crippen molar-refractivity contribution in [2.45, 2.75) is 70.2 Å². The lowest BCUT2D eigenvalue weighted by molar-refractivity contribution is -0.0309. The maximum atomic E-state index is 12.5. The quantitative estimate of drug-likeness (QED) is 0.464. The number of aromatic nitrogens is 1. The molecule has 2 atom stereocenters. The number of aliphatic hydroxyl groups is 1. The van der Waals surface area contributed by atoms with Gasteiger partial charge in [-0.25, -0.2) is 4.79 Å². The van der Waals surface area contributed by atoms with Crippen LogP contribution >= 0.6 is 0 Å². The van der Waals surface area contributed by atoms with Crippen molar-refractivity contribution in [2.24, 2.45) is 0 Å². The van der Waals surface area contributed by atoms with Crippen LogP contribution in [0.3, 0.4) is 0 Å². The predicted molar refractivity (Wildman–Crippen MR) is 142 cm³/mol. The summed E-state index contributed by atoms with van der Waals surface area (Å²) in [6.45, 7) is 6.04. The summed E-state index contributed by atoms with van der Waals surface area (Å²) in [5, 5.41) is 9.97. The largest absolute Gasteiger partial charge is 0.446 e. The lowest BCUT2D eigenvalue weighted by Crippen LogP contribution is -2.45. The summed E-state index contributed by atoms with van der Waals surface area (Å²) in [7, 11) is 0. The van der Waals surface area contributed by atoms with E-state index in [4.69, 9.17) is 4.74 Å². The van der Waals surface area contributed by atoms with Crippen LogP contribution in [-0.2, 0) is 4.74 Å². The Bertz CT molecular complexity index is 1170. The highest BCUT2D eigenvalue weighted by Gasteiger charge is 2.33. The van der Waals surface area contributed by atoms with Crippen LogP contribution in [-0.4, -0.2) is 38.9 Å². The third kappa shape index (κ3) is 6.85. The summed E-state index contributed by atoms with van der Waals surface area (Å²) in [6, 6.07) is 23.9. The summed E-state index contributed by atoms with van der Waals surface area (Å²) >= 11 is 0. The summed E-state index contributed by atoms with van der Waals surface area (Å²) in [4.78, 5) is 26.6. The van der Waals surface area contributed by atoms with E-state index in [0.29, 0.717) is 25.4 Å². The second-order valence-electron chi connectivity index (χ2n) is 10.3. The molecule has 1 saturated carbocycles. The van der Waals surface area contributed by atoms with Crippen LogP contribution in [0.15, 0.2) is 83.8 Å². The highest BCUT2D eigenvalue weighted by molar-refractivity contribution is 5.69. The molecule has 0 spiro atoms. The highest BCUT2D eigenvalue weighted by atomic mass is 16.6. The van der Waals surface area contributed by atoms with Gasteiger partial charge in [0.05, 0.1) is 11.6 Å². The fourth-order valence-electron chi connectivity index (χ4n) is 4.54. The molecule has 190 valence electrons. The standard InChI is InChI=1S/C24H30N2O4.C6H6/c1-16(25-13-11-21(30-23(25)28)15-24(2,3)29)17-4-6-18(7-5-17)19-10-12-26(20-8-9-20)22(27)14-19;1-2-4-6-5-3-1/h4-7,10,12,14,16,20-21,29H,8-9,11,13,15H2,1-3H3;1-6H. The molecule has 0 radical (unpaired) electrons. The van der Waals surface area contributed by atoms with Crippen LogP contribution in [0.5, 0.6) is 0 Å². The molecule has 0 bridgehead atoms. The lowest BCUT2D eigenvalue weighted by atomic mass is 9.97. The number of ether oxygens (including phenoxy) is 1. The Morgan fingerprint density at radius 3 is 2.06 bits per heavy atom. The molecule has 6 heteroatoms. The molecule has 1 amide bonds. The van der Waals surface area contributed by atoms with Crippen molar-refractivity contribution in [2.75, 3.05) is 6.54 Å². The van der Waals surface area contributed by atoms with E-state index in [2.05, 4.69) is 0 Å². The van der Waals surface area contributed by atoms with Gasteiger partial charge in [-0.15, -0.1) is 0 Å². The zero-order chi connectivity index (χ0) is 25.7. The van der Waals surface area contributed by atoms with Crippen LogP contribution < -0.4 is 5.56 Å². The molecule has 1 N–H and O–H groups in total. The molecular weight excluding hydrogens is 452 g/mol. The van der Waals surface area contributed by atoms with Crippen LogP contribution in [0, 0.1) is 0 Å². The molecule has 1 saturated heterocycles. The molecule has 2 aliphatic rings. The smallest absolute Gasteiger partial charge is 0.410 e. The maximum absolute atomic E-state index is 12.5. The summed E-state index contributed by atoms with van der Waals surface area (Å²) in [5.41, 5.74) is 2.10. The Morgan fingerprint density at radius 2 is 1.56 bits per heavy atom. The number of hydrogen-bond acceptors (Lipinski definition) is 4. The van der Waals surface area contributed by atoms with Gasteiger partial charge in [-0.3, -0.25) is 4.79 Å². The Hall–Kier alpha value is -3.38. The van der Waals surface area contributed by atoms with Crippen molar-refractivity contribution >= 4 is 6.09 Å². The van der Waals surface area contributed by atoms with Crippen LogP contribution in [0.1, 0.15) is 64.1 Å². The fraction of sp³-hybridized carbons (Fsp3) is 0.400. The van der Waals surface area contributed by atoms with Gasteiger partial charge in [0.15, 0.2) is 0 Å². The number of carbonyl (C=O) groups is 1. The Kier molecular flexibility index (Phi) is 7.94. The SMILES string of the molecule is CC(c1ccc(-c2ccn(C3CC3)c(=O)c2)cc1)N1CCC(CC(C)(C)O)OC1=O.c1ccccc1. The van der Waals surface area contributed by atoms with Gasteiger partial charge in [-0.05, 0) is 56.4 Å². The molecule has 36 heavy (non-hydrogen) atoms. The highest BCUT2D eigenvalue weighted by Crippen LogP contribution is 2.34. The van der Waals surface area contributed by atoms with E-state index in [1.54, 1.807) is 24.8 Å². The first-order valence-electron chi connectivity index (χ1n) is 12.7. The summed E-state index contributed by atoms with van der Waals surface area (Å²) < 4.78 is 7.36. The zero-order valence-corrected chi connectivity index (χ0v) is 21.3. The Morgan fingerprint density at radius 1 is 0.944 bits per heavy atom. The second kappa shape index (κ2) is 11.1. The first-order valence-corrected chi connectivity index (χ1v) is 12.7. The van der Waals surface area contributed by atoms with Gasteiger partial charge in [-0.2, -0.15) is 0 Å². The molecule has 2 heterocycles. The van der Waals surface area contributed by atoms with Crippen molar-refractivity contribution < 1.29 is 14.6 Å². The molecule has 6 nitrogen and oxygen atoms in total. The first kappa shape index (κ1) is 25.7. The molecule has 3 aromatic rings. The molecular formula is C30H36N2O4. The minimum Gasteiger partial charge on any atom is -0.446 e. The second-order valence-corrected chi connectivity index (χ2v) is 10.3. The molecule has 5 rings (SSSR count). The van der Waals surface area contributed by atoms with Crippen LogP contribution in [0.4, 0.5) is 4.79 Å². The van der Waals surface area contributed by atoms with E-state index in [-0.39, 0.29) is 23.8 Å². The molecule has 1 aromatic heterocycles. The third-order valence-electron chi connectivity index (χ3n) is 6.67. The molecule has 1 aliphatic carbocycles. The summed E-state index contributed by atoms with van der Waals surface area (Å²) in [6.07, 6.45) is 4.62. The number of benzene rings is 2.